The number of hydrogen-bond donors (Lipinski definition) is 4. The summed E-state index contributed by atoms with van der Waals surface area (Å²) in [5, 5.41) is 21.6. The SMILES string of the molecule is Nc1c(S(=O)(=O)[O-])cc(Nc2ccc(O)cc2C(=O)O)c2c1C(=O)c1ccccc1C2=O.[Na+]. The number of carbonyl (C=O) groups is 3. The van der Waals surface area contributed by atoms with E-state index in [1.807, 2.05) is 0 Å². The maximum Gasteiger partial charge on any atom is 1.00 e. The fourth-order valence-corrected chi connectivity index (χ4v) is 4.20. The molecular formula is C21H13N2NaO8S. The van der Waals surface area contributed by atoms with Crippen molar-refractivity contribution >= 4 is 44.7 Å². The van der Waals surface area contributed by atoms with Crippen LogP contribution >= 0.6 is 0 Å². The minimum absolute atomic E-state index is 0. The van der Waals surface area contributed by atoms with Gasteiger partial charge in [-0.25, -0.2) is 13.2 Å². The number of phenols is 1. The summed E-state index contributed by atoms with van der Waals surface area (Å²) in [6.45, 7) is 0. The Morgan fingerprint density at radius 2 is 1.52 bits per heavy atom. The Balaban J connectivity index is 0.00000306. The average Bonchev–Trinajstić information content (AvgIpc) is 2.73. The third-order valence-corrected chi connectivity index (χ3v) is 5.85. The molecular weight excluding hydrogens is 463 g/mol. The van der Waals surface area contributed by atoms with E-state index in [9.17, 15) is 37.6 Å². The Bertz CT molecular complexity index is 1470. The number of aromatic hydroxyl groups is 1. The molecule has 1 aliphatic carbocycles. The van der Waals surface area contributed by atoms with Crippen molar-refractivity contribution in [1.29, 1.82) is 0 Å². The van der Waals surface area contributed by atoms with Gasteiger partial charge in [0.1, 0.15) is 15.9 Å². The van der Waals surface area contributed by atoms with Crippen LogP contribution in [0.1, 0.15) is 42.2 Å². The number of nitrogens with one attached hydrogen (secondary N) is 1. The second-order valence-electron chi connectivity index (χ2n) is 6.90. The van der Waals surface area contributed by atoms with E-state index >= 15 is 0 Å². The van der Waals surface area contributed by atoms with Crippen molar-refractivity contribution in [2.75, 3.05) is 11.1 Å². The van der Waals surface area contributed by atoms with Crippen LogP contribution in [0.3, 0.4) is 0 Å². The Kier molecular flexibility index (Phi) is 6.37. The van der Waals surface area contributed by atoms with Gasteiger partial charge < -0.3 is 25.8 Å². The van der Waals surface area contributed by atoms with Crippen LogP contribution in [-0.2, 0) is 10.1 Å². The van der Waals surface area contributed by atoms with Crippen LogP contribution in [0.2, 0.25) is 0 Å². The quantitative estimate of drug-likeness (QED) is 0.124. The predicted molar refractivity (Wildman–Crippen MR) is 110 cm³/mol. The van der Waals surface area contributed by atoms with Gasteiger partial charge in [-0.1, -0.05) is 24.3 Å². The Morgan fingerprint density at radius 3 is 2.06 bits per heavy atom. The molecule has 0 saturated carbocycles. The van der Waals surface area contributed by atoms with Crippen LogP contribution in [0.5, 0.6) is 5.75 Å². The minimum atomic E-state index is -5.17. The third-order valence-electron chi connectivity index (χ3n) is 4.97. The number of carboxylic acids is 1. The molecule has 5 N–H and O–H groups in total. The number of aromatic carboxylic acids is 1. The molecule has 3 aromatic rings. The first-order chi connectivity index (χ1) is 15.0. The zero-order valence-corrected chi connectivity index (χ0v) is 19.8. The molecule has 0 radical (unpaired) electrons. The number of fused-ring (bicyclic) bond motifs is 2. The molecule has 0 aliphatic heterocycles. The van der Waals surface area contributed by atoms with Crippen LogP contribution in [0, 0.1) is 0 Å². The summed E-state index contributed by atoms with van der Waals surface area (Å²) in [6, 6.07) is 9.86. The summed E-state index contributed by atoms with van der Waals surface area (Å²) in [4.78, 5) is 37.0. The molecule has 0 heterocycles. The molecule has 0 unspecified atom stereocenters. The third kappa shape index (κ3) is 4.12. The molecule has 162 valence electrons. The summed E-state index contributed by atoms with van der Waals surface area (Å²) in [6.07, 6.45) is 0. The summed E-state index contributed by atoms with van der Waals surface area (Å²) >= 11 is 0. The standard InChI is InChI=1S/C21H14N2O8S.Na/c22-18-15(32(29,30)31)8-14(23-13-6-5-9(24)7-12(13)21(27)28)16-17(18)20(26)11-4-2-1-3-10(11)19(16)25;/h1-8,23-24H,22H2,(H,27,28)(H,29,30,31);/q;+1/p-1. The Labute approximate surface area is 209 Å². The Morgan fingerprint density at radius 1 is 0.939 bits per heavy atom. The number of carboxylic acid groups (broad SMARTS) is 1. The van der Waals surface area contributed by atoms with E-state index in [4.69, 9.17) is 5.73 Å². The van der Waals surface area contributed by atoms with Crippen molar-refractivity contribution in [3.8, 4) is 5.75 Å². The van der Waals surface area contributed by atoms with E-state index in [-0.39, 0.29) is 63.4 Å². The second-order valence-corrected chi connectivity index (χ2v) is 8.25. The van der Waals surface area contributed by atoms with Gasteiger partial charge in [-0.05, 0) is 24.3 Å². The molecule has 0 bridgehead atoms. The fraction of sp³-hybridized carbons (Fsp3) is 0. The first-order valence-electron chi connectivity index (χ1n) is 8.95. The van der Waals surface area contributed by atoms with Gasteiger partial charge in [0.2, 0.25) is 0 Å². The monoisotopic (exact) mass is 476 g/mol. The van der Waals surface area contributed by atoms with Gasteiger partial charge in [0, 0.05) is 11.1 Å². The normalized spacial score (nSPS) is 12.4. The number of phenolic OH excluding ortho intramolecular Hbond substituents is 1. The van der Waals surface area contributed by atoms with E-state index in [0.29, 0.717) is 0 Å². The van der Waals surface area contributed by atoms with Gasteiger partial charge >= 0.3 is 35.5 Å². The van der Waals surface area contributed by atoms with E-state index in [2.05, 4.69) is 5.32 Å². The summed E-state index contributed by atoms with van der Waals surface area (Å²) in [5.41, 5.74) is 3.60. The zero-order chi connectivity index (χ0) is 23.4. The molecule has 0 aromatic heterocycles. The van der Waals surface area contributed by atoms with E-state index in [0.717, 1.165) is 18.2 Å². The van der Waals surface area contributed by atoms with Gasteiger partial charge in [0.25, 0.3) is 0 Å². The number of carbonyl (C=O) groups excluding carboxylic acids is 2. The van der Waals surface area contributed by atoms with E-state index in [1.54, 1.807) is 0 Å². The molecule has 1 aliphatic rings. The summed E-state index contributed by atoms with van der Waals surface area (Å²) in [5.74, 6) is -3.22. The minimum Gasteiger partial charge on any atom is -0.744 e. The van der Waals surface area contributed by atoms with Gasteiger partial charge in [-0.3, -0.25) is 9.59 Å². The molecule has 0 amide bonds. The maximum atomic E-state index is 13.2. The number of benzene rings is 3. The summed E-state index contributed by atoms with van der Waals surface area (Å²) < 4.78 is 35.4. The summed E-state index contributed by atoms with van der Waals surface area (Å²) in [7, 11) is -5.17. The zero-order valence-electron chi connectivity index (χ0n) is 16.9. The first kappa shape index (κ1) is 24.4. The van der Waals surface area contributed by atoms with Crippen LogP contribution in [0.4, 0.5) is 17.1 Å². The van der Waals surface area contributed by atoms with Gasteiger partial charge in [0.05, 0.1) is 38.6 Å². The van der Waals surface area contributed by atoms with Gasteiger partial charge in [-0.15, -0.1) is 0 Å². The molecule has 0 atom stereocenters. The van der Waals surface area contributed by atoms with Crippen molar-refractivity contribution in [2.45, 2.75) is 4.90 Å². The van der Waals surface area contributed by atoms with Gasteiger partial charge in [0.15, 0.2) is 11.6 Å². The van der Waals surface area contributed by atoms with Crippen molar-refractivity contribution < 1.29 is 67.1 Å². The van der Waals surface area contributed by atoms with Crippen molar-refractivity contribution in [3.05, 3.63) is 76.3 Å². The number of rotatable bonds is 4. The predicted octanol–water partition coefficient (Wildman–Crippen LogP) is -0.900. The Hall–Kier alpha value is -3.22. The van der Waals surface area contributed by atoms with Crippen LogP contribution in [-0.4, -0.2) is 40.7 Å². The molecule has 33 heavy (non-hydrogen) atoms. The molecule has 4 rings (SSSR count). The van der Waals surface area contributed by atoms with Crippen molar-refractivity contribution in [1.82, 2.24) is 0 Å². The smallest absolute Gasteiger partial charge is 0.744 e. The van der Waals surface area contributed by atoms with Gasteiger partial charge in [-0.2, -0.15) is 0 Å². The topological polar surface area (TPSA) is 187 Å². The average molecular weight is 476 g/mol. The molecule has 0 spiro atoms. The van der Waals surface area contributed by atoms with E-state index in [1.165, 1.54) is 30.3 Å². The number of ketones is 2. The van der Waals surface area contributed by atoms with Crippen LogP contribution in [0.25, 0.3) is 0 Å². The fourth-order valence-electron chi connectivity index (χ4n) is 3.56. The van der Waals surface area contributed by atoms with Crippen LogP contribution < -0.4 is 40.6 Å². The van der Waals surface area contributed by atoms with E-state index < -0.39 is 49.4 Å². The molecule has 3 aromatic carbocycles. The van der Waals surface area contributed by atoms with Crippen molar-refractivity contribution in [3.63, 3.8) is 0 Å². The second kappa shape index (κ2) is 8.61. The molecule has 0 fully saturated rings. The molecule has 12 heteroatoms. The maximum absolute atomic E-state index is 13.2. The molecule has 0 saturated heterocycles. The number of nitrogen functional groups attached to an aromatic ring is 1. The number of nitrogens with two attached hydrogens (primary N) is 1. The first-order valence-corrected chi connectivity index (χ1v) is 10.4. The van der Waals surface area contributed by atoms with Crippen LogP contribution in [0.15, 0.2) is 53.4 Å². The van der Waals surface area contributed by atoms with Crippen molar-refractivity contribution in [2.24, 2.45) is 0 Å². The largest absolute Gasteiger partial charge is 1.00 e. The molecule has 10 nitrogen and oxygen atoms in total. The number of anilines is 3. The number of hydrogen-bond acceptors (Lipinski definition) is 9.